The van der Waals surface area contributed by atoms with Crippen LogP contribution >= 0.6 is 23.2 Å². The highest BCUT2D eigenvalue weighted by Gasteiger charge is 2.41. The van der Waals surface area contributed by atoms with Crippen molar-refractivity contribution in [3.63, 3.8) is 0 Å². The highest BCUT2D eigenvalue weighted by atomic mass is 35.5. The van der Waals surface area contributed by atoms with E-state index in [1.165, 1.54) is 0 Å². The molecular formula is C15H14Cl2O. The topological polar surface area (TPSA) is 17.1 Å². The van der Waals surface area contributed by atoms with Gasteiger partial charge in [0, 0.05) is 11.8 Å². The zero-order valence-electron chi connectivity index (χ0n) is 9.85. The molecule has 1 aromatic rings. The number of carbonyl (C=O) groups is 1. The first-order valence-corrected chi connectivity index (χ1v) is 7.05. The highest BCUT2D eigenvalue weighted by molar-refractivity contribution is 6.42. The van der Waals surface area contributed by atoms with Gasteiger partial charge in [-0.25, -0.2) is 0 Å². The lowest BCUT2D eigenvalue weighted by atomic mass is 9.61. The first-order valence-electron chi connectivity index (χ1n) is 6.29. The predicted octanol–water partition coefficient (Wildman–Crippen LogP) is 4.49. The van der Waals surface area contributed by atoms with E-state index in [1.54, 1.807) is 0 Å². The molecule has 1 aromatic carbocycles. The zero-order chi connectivity index (χ0) is 12.7. The van der Waals surface area contributed by atoms with Gasteiger partial charge in [0.1, 0.15) is 6.29 Å². The minimum absolute atomic E-state index is 0.0889. The third kappa shape index (κ3) is 1.90. The summed E-state index contributed by atoms with van der Waals surface area (Å²) in [5, 5.41) is 1.14. The lowest BCUT2D eigenvalue weighted by Crippen LogP contribution is -2.36. The Morgan fingerprint density at radius 3 is 2.39 bits per heavy atom. The summed E-state index contributed by atoms with van der Waals surface area (Å²) in [5.41, 5.74) is 1.14. The lowest BCUT2D eigenvalue weighted by Gasteiger charge is -2.43. The first kappa shape index (κ1) is 12.3. The molecule has 1 fully saturated rings. The average Bonchev–Trinajstić information content (AvgIpc) is 2.42. The molecule has 1 saturated carbocycles. The van der Waals surface area contributed by atoms with Crippen molar-refractivity contribution in [2.75, 3.05) is 0 Å². The Balaban J connectivity index is 2.01. The van der Waals surface area contributed by atoms with Crippen molar-refractivity contribution in [1.29, 1.82) is 0 Å². The molecule has 0 aliphatic heterocycles. The second kappa shape index (κ2) is 4.71. The van der Waals surface area contributed by atoms with Crippen LogP contribution in [-0.4, -0.2) is 6.29 Å². The number of hydrogen-bond donors (Lipinski definition) is 0. The Hall–Kier alpha value is -0.790. The van der Waals surface area contributed by atoms with Crippen LogP contribution in [0, 0.1) is 17.8 Å². The molecule has 18 heavy (non-hydrogen) atoms. The van der Waals surface area contributed by atoms with Crippen LogP contribution in [0.1, 0.15) is 24.3 Å². The molecule has 0 saturated heterocycles. The summed E-state index contributed by atoms with van der Waals surface area (Å²) in [5.74, 6) is 1.21. The van der Waals surface area contributed by atoms with Crippen molar-refractivity contribution in [2.45, 2.75) is 18.8 Å². The van der Waals surface area contributed by atoms with Gasteiger partial charge in [0.15, 0.2) is 0 Å². The Morgan fingerprint density at radius 1 is 1.06 bits per heavy atom. The zero-order valence-corrected chi connectivity index (χ0v) is 11.4. The number of fused-ring (bicyclic) bond motifs is 2. The van der Waals surface area contributed by atoms with E-state index < -0.39 is 0 Å². The van der Waals surface area contributed by atoms with E-state index >= 15 is 0 Å². The maximum Gasteiger partial charge on any atom is 0.124 e. The molecule has 0 amide bonds. The summed E-state index contributed by atoms with van der Waals surface area (Å²) in [6.45, 7) is 0. The second-order valence-electron chi connectivity index (χ2n) is 5.20. The van der Waals surface area contributed by atoms with Crippen molar-refractivity contribution in [1.82, 2.24) is 0 Å². The van der Waals surface area contributed by atoms with Gasteiger partial charge in [0.25, 0.3) is 0 Å². The van der Waals surface area contributed by atoms with Gasteiger partial charge in [-0.2, -0.15) is 0 Å². The maximum atomic E-state index is 11.4. The number of hydrogen-bond acceptors (Lipinski definition) is 1. The molecule has 0 radical (unpaired) electrons. The van der Waals surface area contributed by atoms with Crippen LogP contribution in [0.4, 0.5) is 0 Å². The molecule has 0 N–H and O–H groups in total. The molecule has 4 atom stereocenters. The van der Waals surface area contributed by atoms with Crippen LogP contribution in [-0.2, 0) is 4.79 Å². The monoisotopic (exact) mass is 280 g/mol. The van der Waals surface area contributed by atoms with Gasteiger partial charge >= 0.3 is 0 Å². The van der Waals surface area contributed by atoms with E-state index in [-0.39, 0.29) is 11.8 Å². The molecule has 2 bridgehead atoms. The molecular weight excluding hydrogens is 267 g/mol. The van der Waals surface area contributed by atoms with E-state index in [2.05, 4.69) is 12.2 Å². The minimum Gasteiger partial charge on any atom is -0.303 e. The summed E-state index contributed by atoms with van der Waals surface area (Å²) in [7, 11) is 0. The molecule has 3 aliphatic rings. The summed E-state index contributed by atoms with van der Waals surface area (Å²) in [6.07, 6.45) is 7.88. The molecule has 0 spiro atoms. The van der Waals surface area contributed by atoms with Crippen LogP contribution < -0.4 is 0 Å². The summed E-state index contributed by atoms with van der Waals surface area (Å²) in [6, 6.07) is 5.75. The maximum absolute atomic E-state index is 11.4. The average molecular weight is 281 g/mol. The highest BCUT2D eigenvalue weighted by Crippen LogP contribution is 2.49. The standard InChI is InChI=1S/C15H14Cl2O/c16-13-6-5-11(7-14(13)17)15-10-3-1-9(2-4-10)12(15)8-18/h1,3,5-10,12,15H,2,4H2/t9?,10-,12?,15+/m0/s1. The van der Waals surface area contributed by atoms with Crippen LogP contribution in [0.15, 0.2) is 30.4 Å². The molecule has 2 unspecified atom stereocenters. The molecule has 1 nitrogen and oxygen atoms in total. The van der Waals surface area contributed by atoms with Crippen LogP contribution in [0.5, 0.6) is 0 Å². The van der Waals surface area contributed by atoms with Crippen molar-refractivity contribution in [3.8, 4) is 0 Å². The summed E-state index contributed by atoms with van der Waals surface area (Å²) in [4.78, 5) is 11.4. The fourth-order valence-corrected chi connectivity index (χ4v) is 3.72. The molecule has 0 heterocycles. The van der Waals surface area contributed by atoms with Crippen molar-refractivity contribution in [2.24, 2.45) is 17.8 Å². The SMILES string of the molecule is O=CC1C2C=C[C@@H](CC2)[C@@H]1c1ccc(Cl)c(Cl)c1. The Morgan fingerprint density at radius 2 is 1.78 bits per heavy atom. The number of aldehydes is 1. The van der Waals surface area contributed by atoms with E-state index in [1.807, 2.05) is 18.2 Å². The molecule has 3 heteroatoms. The summed E-state index contributed by atoms with van der Waals surface area (Å²) >= 11 is 12.0. The third-order valence-corrected chi connectivity index (χ3v) is 5.03. The lowest BCUT2D eigenvalue weighted by molar-refractivity contribution is -0.114. The quantitative estimate of drug-likeness (QED) is 0.576. The van der Waals surface area contributed by atoms with Crippen molar-refractivity contribution >= 4 is 29.5 Å². The molecule has 0 aromatic heterocycles. The van der Waals surface area contributed by atoms with Crippen LogP contribution in [0.25, 0.3) is 0 Å². The molecule has 3 aliphatic carbocycles. The van der Waals surface area contributed by atoms with Gasteiger partial charge in [-0.3, -0.25) is 0 Å². The Bertz CT molecular complexity index is 509. The largest absolute Gasteiger partial charge is 0.303 e. The van der Waals surface area contributed by atoms with Gasteiger partial charge < -0.3 is 4.79 Å². The second-order valence-corrected chi connectivity index (χ2v) is 6.02. The number of carbonyl (C=O) groups excluding carboxylic acids is 1. The van der Waals surface area contributed by atoms with Gasteiger partial charge in [0.2, 0.25) is 0 Å². The Kier molecular flexibility index (Phi) is 3.21. The normalized spacial score (nSPS) is 33.7. The fraction of sp³-hybridized carbons (Fsp3) is 0.400. The minimum atomic E-state index is 0.0889. The van der Waals surface area contributed by atoms with E-state index in [0.717, 1.165) is 24.7 Å². The van der Waals surface area contributed by atoms with Crippen molar-refractivity contribution < 1.29 is 4.79 Å². The number of benzene rings is 1. The molecule has 94 valence electrons. The summed E-state index contributed by atoms with van der Waals surface area (Å²) < 4.78 is 0. The van der Waals surface area contributed by atoms with Crippen LogP contribution in [0.2, 0.25) is 10.0 Å². The van der Waals surface area contributed by atoms with Gasteiger partial charge in [0.05, 0.1) is 10.0 Å². The smallest absolute Gasteiger partial charge is 0.124 e. The van der Waals surface area contributed by atoms with Crippen LogP contribution in [0.3, 0.4) is 0 Å². The van der Waals surface area contributed by atoms with E-state index in [4.69, 9.17) is 23.2 Å². The van der Waals surface area contributed by atoms with Crippen molar-refractivity contribution in [3.05, 3.63) is 46.0 Å². The number of allylic oxidation sites excluding steroid dienone is 2. The molecule has 4 rings (SSSR count). The third-order valence-electron chi connectivity index (χ3n) is 4.29. The van der Waals surface area contributed by atoms with Gasteiger partial charge in [-0.1, -0.05) is 41.4 Å². The predicted molar refractivity (Wildman–Crippen MR) is 74.1 cm³/mol. The number of rotatable bonds is 2. The first-order chi connectivity index (χ1) is 8.70. The fourth-order valence-electron chi connectivity index (χ4n) is 3.41. The number of halogens is 2. The van der Waals surface area contributed by atoms with Gasteiger partial charge in [-0.05, 0) is 42.4 Å². The van der Waals surface area contributed by atoms with E-state index in [0.29, 0.717) is 21.9 Å². The van der Waals surface area contributed by atoms with Gasteiger partial charge in [-0.15, -0.1) is 0 Å². The van der Waals surface area contributed by atoms with E-state index in [9.17, 15) is 4.79 Å². The Labute approximate surface area is 117 Å².